The van der Waals surface area contributed by atoms with Crippen molar-refractivity contribution in [2.24, 2.45) is 5.73 Å². The van der Waals surface area contributed by atoms with E-state index in [1.165, 1.54) is 6.92 Å². The summed E-state index contributed by atoms with van der Waals surface area (Å²) in [5.41, 5.74) is 4.77. The van der Waals surface area contributed by atoms with E-state index in [4.69, 9.17) is 5.73 Å². The lowest BCUT2D eigenvalue weighted by Gasteiger charge is -2.23. The van der Waals surface area contributed by atoms with Gasteiger partial charge in [-0.3, -0.25) is 4.79 Å². The van der Waals surface area contributed by atoms with Crippen LogP contribution in [0.25, 0.3) is 0 Å². The van der Waals surface area contributed by atoms with Gasteiger partial charge in [0.05, 0.1) is 6.61 Å². The number of esters is 2. The predicted molar refractivity (Wildman–Crippen MR) is 46.2 cm³/mol. The largest absolute Gasteiger partial charge is 0.463 e. The predicted octanol–water partition coefficient (Wildman–Crippen LogP) is 0.371. The van der Waals surface area contributed by atoms with E-state index in [-0.39, 0.29) is 6.61 Å². The van der Waals surface area contributed by atoms with Crippen molar-refractivity contribution in [1.29, 1.82) is 0 Å². The molecule has 0 unspecified atom stereocenters. The summed E-state index contributed by atoms with van der Waals surface area (Å²) in [7, 11) is 0. The monoisotopic (exact) mass is 243 g/mol. The number of halogens is 3. The van der Waals surface area contributed by atoms with Crippen molar-refractivity contribution in [3.8, 4) is 0 Å². The molecule has 0 spiro atoms. The Morgan fingerprint density at radius 3 is 2.19 bits per heavy atom. The second-order valence-corrected chi connectivity index (χ2v) is 2.85. The summed E-state index contributed by atoms with van der Waals surface area (Å²) in [6.45, 7) is 2.14. The zero-order chi connectivity index (χ0) is 12.9. The summed E-state index contributed by atoms with van der Waals surface area (Å²) >= 11 is 0. The molecule has 0 rings (SSSR count). The third kappa shape index (κ3) is 4.47. The molecular formula is C8H12F3NO4. The summed E-state index contributed by atoms with van der Waals surface area (Å²) in [6, 6.07) is -2.60. The molecule has 8 heteroatoms. The smallest absolute Gasteiger partial charge is 0.407 e. The minimum Gasteiger partial charge on any atom is -0.463 e. The van der Waals surface area contributed by atoms with Gasteiger partial charge in [-0.15, -0.1) is 0 Å². The topological polar surface area (TPSA) is 78.6 Å². The van der Waals surface area contributed by atoms with Gasteiger partial charge in [0.2, 0.25) is 6.10 Å². The average molecular weight is 243 g/mol. The molecule has 0 aromatic rings. The summed E-state index contributed by atoms with van der Waals surface area (Å²) in [5, 5.41) is 0. The highest BCUT2D eigenvalue weighted by Gasteiger charge is 2.47. The van der Waals surface area contributed by atoms with Gasteiger partial charge < -0.3 is 15.2 Å². The normalized spacial score (nSPS) is 15.1. The molecule has 2 N–H and O–H groups in total. The first-order chi connectivity index (χ1) is 7.20. The molecule has 0 aliphatic carbocycles. The number of alkyl halides is 3. The quantitative estimate of drug-likeness (QED) is 0.722. The van der Waals surface area contributed by atoms with Crippen LogP contribution in [0.2, 0.25) is 0 Å². The van der Waals surface area contributed by atoms with Gasteiger partial charge in [-0.2, -0.15) is 13.2 Å². The lowest BCUT2D eigenvalue weighted by Crippen LogP contribution is -2.52. The SMILES string of the molecule is CCOC(=O)[C@@H](OC(C)=O)[C@H](N)C(F)(F)F. The maximum Gasteiger partial charge on any atom is 0.407 e. The molecule has 0 aromatic carbocycles. The fraction of sp³-hybridized carbons (Fsp3) is 0.750. The van der Waals surface area contributed by atoms with Crippen molar-refractivity contribution < 1.29 is 32.2 Å². The molecule has 2 atom stereocenters. The highest BCUT2D eigenvalue weighted by atomic mass is 19.4. The number of ether oxygens (including phenoxy) is 2. The van der Waals surface area contributed by atoms with E-state index in [1.807, 2.05) is 0 Å². The van der Waals surface area contributed by atoms with Crippen molar-refractivity contribution in [3.63, 3.8) is 0 Å². The van der Waals surface area contributed by atoms with Crippen molar-refractivity contribution in [3.05, 3.63) is 0 Å². The summed E-state index contributed by atoms with van der Waals surface area (Å²) in [6.07, 6.45) is -7.02. The Bertz CT molecular complexity index is 266. The van der Waals surface area contributed by atoms with Gasteiger partial charge in [-0.25, -0.2) is 4.79 Å². The van der Waals surface area contributed by atoms with E-state index in [2.05, 4.69) is 9.47 Å². The number of hydrogen-bond donors (Lipinski definition) is 1. The third-order valence-electron chi connectivity index (χ3n) is 1.52. The van der Waals surface area contributed by atoms with Gasteiger partial charge >= 0.3 is 18.1 Å². The summed E-state index contributed by atoms with van der Waals surface area (Å²) in [5.74, 6) is -2.36. The van der Waals surface area contributed by atoms with Crippen LogP contribution in [0.15, 0.2) is 0 Å². The zero-order valence-corrected chi connectivity index (χ0v) is 8.71. The van der Waals surface area contributed by atoms with Crippen LogP contribution in [0.5, 0.6) is 0 Å². The Morgan fingerprint density at radius 1 is 1.38 bits per heavy atom. The van der Waals surface area contributed by atoms with Crippen LogP contribution in [0, 0.1) is 0 Å². The fourth-order valence-corrected chi connectivity index (χ4v) is 0.843. The van der Waals surface area contributed by atoms with E-state index in [0.29, 0.717) is 0 Å². The Hall–Kier alpha value is -1.31. The van der Waals surface area contributed by atoms with Crippen molar-refractivity contribution in [1.82, 2.24) is 0 Å². The van der Waals surface area contributed by atoms with Crippen LogP contribution in [0.3, 0.4) is 0 Å². The van der Waals surface area contributed by atoms with Gasteiger partial charge in [0, 0.05) is 6.92 Å². The van der Waals surface area contributed by atoms with Crippen LogP contribution in [0.4, 0.5) is 13.2 Å². The Kier molecular flexibility index (Phi) is 5.22. The Morgan fingerprint density at radius 2 is 1.88 bits per heavy atom. The van der Waals surface area contributed by atoms with Crippen molar-refractivity contribution in [2.45, 2.75) is 32.2 Å². The van der Waals surface area contributed by atoms with Gasteiger partial charge in [-0.1, -0.05) is 0 Å². The van der Waals surface area contributed by atoms with E-state index < -0.39 is 30.3 Å². The Labute approximate surface area is 89.7 Å². The van der Waals surface area contributed by atoms with Crippen LogP contribution in [0.1, 0.15) is 13.8 Å². The van der Waals surface area contributed by atoms with E-state index in [9.17, 15) is 22.8 Å². The summed E-state index contributed by atoms with van der Waals surface area (Å²) in [4.78, 5) is 21.6. The highest BCUT2D eigenvalue weighted by molar-refractivity contribution is 5.79. The molecule has 0 aliphatic rings. The molecule has 0 fully saturated rings. The third-order valence-corrected chi connectivity index (χ3v) is 1.52. The maximum absolute atomic E-state index is 12.2. The van der Waals surface area contributed by atoms with Crippen molar-refractivity contribution >= 4 is 11.9 Å². The fourth-order valence-electron chi connectivity index (χ4n) is 0.843. The molecule has 0 radical (unpaired) electrons. The van der Waals surface area contributed by atoms with E-state index >= 15 is 0 Å². The lowest BCUT2D eigenvalue weighted by molar-refractivity contribution is -0.195. The van der Waals surface area contributed by atoms with Crippen LogP contribution >= 0.6 is 0 Å². The number of hydrogen-bond acceptors (Lipinski definition) is 5. The van der Waals surface area contributed by atoms with Crippen LogP contribution < -0.4 is 5.73 Å². The van der Waals surface area contributed by atoms with Crippen LogP contribution in [-0.4, -0.2) is 36.9 Å². The second kappa shape index (κ2) is 5.69. The van der Waals surface area contributed by atoms with Crippen LogP contribution in [-0.2, 0) is 19.1 Å². The zero-order valence-electron chi connectivity index (χ0n) is 8.71. The average Bonchev–Trinajstić information content (AvgIpc) is 2.11. The van der Waals surface area contributed by atoms with E-state index in [0.717, 1.165) is 6.92 Å². The van der Waals surface area contributed by atoms with Crippen molar-refractivity contribution in [2.75, 3.05) is 6.61 Å². The Balaban J connectivity index is 4.79. The first kappa shape index (κ1) is 14.7. The molecule has 0 amide bonds. The molecule has 16 heavy (non-hydrogen) atoms. The minimum atomic E-state index is -4.85. The number of nitrogens with two attached hydrogens (primary N) is 1. The molecule has 0 aliphatic heterocycles. The maximum atomic E-state index is 12.2. The molecule has 0 saturated heterocycles. The lowest BCUT2D eigenvalue weighted by atomic mass is 10.1. The number of carbonyl (C=O) groups excluding carboxylic acids is 2. The minimum absolute atomic E-state index is 0.138. The van der Waals surface area contributed by atoms with Gasteiger partial charge in [0.25, 0.3) is 0 Å². The highest BCUT2D eigenvalue weighted by Crippen LogP contribution is 2.23. The van der Waals surface area contributed by atoms with Gasteiger partial charge in [-0.05, 0) is 6.92 Å². The molecular weight excluding hydrogens is 231 g/mol. The standard InChI is InChI=1S/C8H12F3NO4/c1-3-15-7(14)5(16-4(2)13)6(12)8(9,10)11/h5-6H,3,12H2,1-2H3/t5-,6-/m0/s1. The summed E-state index contributed by atoms with van der Waals surface area (Å²) < 4.78 is 45.2. The molecule has 0 saturated carbocycles. The molecule has 0 aromatic heterocycles. The second-order valence-electron chi connectivity index (χ2n) is 2.85. The molecule has 94 valence electrons. The number of rotatable bonds is 4. The van der Waals surface area contributed by atoms with E-state index in [1.54, 1.807) is 0 Å². The first-order valence-corrected chi connectivity index (χ1v) is 4.36. The number of carbonyl (C=O) groups is 2. The van der Waals surface area contributed by atoms with Gasteiger partial charge in [0.1, 0.15) is 6.04 Å². The molecule has 5 nitrogen and oxygen atoms in total. The first-order valence-electron chi connectivity index (χ1n) is 4.36. The van der Waals surface area contributed by atoms with Gasteiger partial charge in [0.15, 0.2) is 0 Å². The molecule has 0 heterocycles. The molecule has 0 bridgehead atoms.